The van der Waals surface area contributed by atoms with Gasteiger partial charge in [0.1, 0.15) is 18.3 Å². The van der Waals surface area contributed by atoms with Gasteiger partial charge in [-0.15, -0.1) is 11.3 Å². The smallest absolute Gasteiger partial charge is 0.225 e. The van der Waals surface area contributed by atoms with E-state index in [-0.39, 0.29) is 13.2 Å². The molecular formula is C20H23ClO6S. The van der Waals surface area contributed by atoms with Gasteiger partial charge >= 0.3 is 0 Å². The average molecular weight is 427 g/mol. The first-order valence-corrected chi connectivity index (χ1v) is 10.4. The summed E-state index contributed by atoms with van der Waals surface area (Å²) in [6.45, 7) is 1.94. The van der Waals surface area contributed by atoms with Crippen molar-refractivity contribution in [2.45, 2.75) is 56.6 Å². The molecule has 0 unspecified atom stereocenters. The molecule has 4 rings (SSSR count). The maximum Gasteiger partial charge on any atom is 0.225 e. The van der Waals surface area contributed by atoms with E-state index in [0.717, 1.165) is 20.9 Å². The summed E-state index contributed by atoms with van der Waals surface area (Å²) >= 11 is 8.11. The number of halogens is 1. The van der Waals surface area contributed by atoms with Gasteiger partial charge < -0.3 is 29.9 Å². The second-order valence-electron chi connectivity index (χ2n) is 7.32. The second-order valence-corrected chi connectivity index (χ2v) is 8.98. The summed E-state index contributed by atoms with van der Waals surface area (Å²) in [6.07, 6.45) is -3.50. The van der Waals surface area contributed by atoms with Crippen molar-refractivity contribution in [3.63, 3.8) is 0 Å². The van der Waals surface area contributed by atoms with E-state index in [0.29, 0.717) is 23.4 Å². The summed E-state index contributed by atoms with van der Waals surface area (Å²) in [5, 5.41) is 40.6. The Morgan fingerprint density at radius 3 is 2.68 bits per heavy atom. The summed E-state index contributed by atoms with van der Waals surface area (Å²) in [5.74, 6) is -1.52. The number of ether oxygens (including phenoxy) is 2. The molecule has 6 nitrogen and oxygen atoms in total. The zero-order chi connectivity index (χ0) is 20.1. The molecule has 5 atom stereocenters. The number of benzene rings is 1. The molecule has 8 heteroatoms. The highest BCUT2D eigenvalue weighted by molar-refractivity contribution is 7.12. The average Bonchev–Trinajstić information content (AvgIpc) is 3.25. The summed E-state index contributed by atoms with van der Waals surface area (Å²) in [4.78, 5) is 2.21. The first-order valence-electron chi connectivity index (χ1n) is 9.22. The van der Waals surface area contributed by atoms with E-state index in [9.17, 15) is 15.3 Å². The lowest BCUT2D eigenvalue weighted by atomic mass is 9.87. The highest BCUT2D eigenvalue weighted by Crippen LogP contribution is 2.47. The molecule has 0 radical (unpaired) electrons. The minimum atomic E-state index is -1.52. The third-order valence-electron chi connectivity index (χ3n) is 5.43. The lowest BCUT2D eigenvalue weighted by Gasteiger charge is -2.45. The molecule has 1 aromatic heterocycles. The largest absolute Gasteiger partial charge is 0.396 e. The quantitative estimate of drug-likeness (QED) is 0.594. The number of hydrogen-bond donors (Lipinski definition) is 4. The molecule has 0 saturated carbocycles. The van der Waals surface area contributed by atoms with Crippen molar-refractivity contribution in [3.05, 3.63) is 55.7 Å². The SMILES string of the molecule is C[C@H]1O[C@]2(OCc3cc(Cl)c(Cc4ccc(CCO)s4)cc32)[C@H](O)[C@@H](O)[C@@H]1O. The van der Waals surface area contributed by atoms with Crippen molar-refractivity contribution in [2.24, 2.45) is 0 Å². The predicted molar refractivity (Wildman–Crippen MR) is 104 cm³/mol. The van der Waals surface area contributed by atoms with Gasteiger partial charge in [-0.05, 0) is 42.3 Å². The normalized spacial score (nSPS) is 32.1. The van der Waals surface area contributed by atoms with Gasteiger partial charge in [0.25, 0.3) is 0 Å². The minimum Gasteiger partial charge on any atom is -0.396 e. The molecule has 1 spiro atoms. The summed E-state index contributed by atoms with van der Waals surface area (Å²) in [7, 11) is 0. The van der Waals surface area contributed by atoms with Crippen LogP contribution >= 0.6 is 22.9 Å². The van der Waals surface area contributed by atoms with Crippen LogP contribution in [0.1, 0.15) is 33.4 Å². The van der Waals surface area contributed by atoms with Gasteiger partial charge in [0.2, 0.25) is 5.79 Å². The van der Waals surface area contributed by atoms with E-state index >= 15 is 0 Å². The van der Waals surface area contributed by atoms with Crippen LogP contribution in [-0.4, -0.2) is 51.4 Å². The molecule has 152 valence electrons. The van der Waals surface area contributed by atoms with Crippen molar-refractivity contribution in [1.29, 1.82) is 0 Å². The molecule has 1 aromatic carbocycles. The van der Waals surface area contributed by atoms with Gasteiger partial charge in [0.15, 0.2) is 0 Å². The van der Waals surface area contributed by atoms with Crippen LogP contribution in [0, 0.1) is 0 Å². The Bertz CT molecular complexity index is 870. The van der Waals surface area contributed by atoms with Crippen molar-refractivity contribution in [3.8, 4) is 0 Å². The highest BCUT2D eigenvalue weighted by atomic mass is 35.5. The van der Waals surface area contributed by atoms with E-state index in [1.54, 1.807) is 24.3 Å². The van der Waals surface area contributed by atoms with Crippen LogP contribution in [0.2, 0.25) is 5.02 Å². The summed E-state index contributed by atoms with van der Waals surface area (Å²) in [5.41, 5.74) is 2.27. The Kier molecular flexibility index (Phi) is 5.54. The molecule has 0 amide bonds. The molecule has 0 bridgehead atoms. The Morgan fingerprint density at radius 1 is 1.18 bits per heavy atom. The topological polar surface area (TPSA) is 99.4 Å². The van der Waals surface area contributed by atoms with E-state index in [2.05, 4.69) is 0 Å². The first kappa shape index (κ1) is 20.3. The minimum absolute atomic E-state index is 0.112. The molecule has 28 heavy (non-hydrogen) atoms. The number of fused-ring (bicyclic) bond motifs is 2. The number of thiophene rings is 1. The van der Waals surface area contributed by atoms with Gasteiger partial charge in [-0.3, -0.25) is 0 Å². The molecule has 2 aromatic rings. The van der Waals surface area contributed by atoms with Crippen molar-refractivity contribution >= 4 is 22.9 Å². The third-order valence-corrected chi connectivity index (χ3v) is 6.93. The fraction of sp³-hybridized carbons (Fsp3) is 0.500. The van der Waals surface area contributed by atoms with Gasteiger partial charge in [0, 0.05) is 39.8 Å². The molecule has 2 aliphatic rings. The molecule has 1 saturated heterocycles. The second kappa shape index (κ2) is 7.66. The van der Waals surface area contributed by atoms with Crippen molar-refractivity contribution in [2.75, 3.05) is 6.61 Å². The van der Waals surface area contributed by atoms with E-state index in [1.165, 1.54) is 0 Å². The standard InChI is InChI=1S/C20H23ClO6S/c1-10-17(23)18(24)19(25)20(27-10)15-7-11(16(21)8-12(15)9-26-20)6-14-3-2-13(28-14)4-5-22/h2-3,7-8,10,17-19,22-25H,4-6,9H2,1H3/t10-,17-,18+,19-,20+/m1/s1. The first-order chi connectivity index (χ1) is 13.4. The molecule has 3 heterocycles. The van der Waals surface area contributed by atoms with Crippen LogP contribution in [0.5, 0.6) is 0 Å². The summed E-state index contributed by atoms with van der Waals surface area (Å²) in [6, 6.07) is 7.67. The molecular weight excluding hydrogens is 404 g/mol. The third kappa shape index (κ3) is 3.30. The Hall–Kier alpha value is -1.03. The van der Waals surface area contributed by atoms with Crippen LogP contribution in [0.15, 0.2) is 24.3 Å². The van der Waals surface area contributed by atoms with Gasteiger partial charge in [0.05, 0.1) is 12.7 Å². The zero-order valence-electron chi connectivity index (χ0n) is 15.3. The highest BCUT2D eigenvalue weighted by Gasteiger charge is 2.57. The van der Waals surface area contributed by atoms with Gasteiger partial charge in [-0.25, -0.2) is 0 Å². The maximum atomic E-state index is 10.7. The van der Waals surface area contributed by atoms with Gasteiger partial charge in [-0.1, -0.05) is 11.6 Å². The monoisotopic (exact) mass is 426 g/mol. The van der Waals surface area contributed by atoms with Crippen LogP contribution in [0.3, 0.4) is 0 Å². The van der Waals surface area contributed by atoms with Crippen LogP contribution in [-0.2, 0) is 34.7 Å². The Balaban J connectivity index is 1.69. The molecule has 4 N–H and O–H groups in total. The van der Waals surface area contributed by atoms with E-state index < -0.39 is 30.2 Å². The van der Waals surface area contributed by atoms with E-state index in [1.807, 2.05) is 18.2 Å². The zero-order valence-corrected chi connectivity index (χ0v) is 16.9. The Morgan fingerprint density at radius 2 is 1.93 bits per heavy atom. The number of aliphatic hydroxyl groups is 4. The fourth-order valence-electron chi connectivity index (χ4n) is 3.90. The lowest BCUT2D eigenvalue weighted by Crippen LogP contribution is -2.62. The fourth-order valence-corrected chi connectivity index (χ4v) is 5.18. The Labute approximate surface area is 171 Å². The number of hydrogen-bond acceptors (Lipinski definition) is 7. The molecule has 1 fully saturated rings. The molecule has 0 aliphatic carbocycles. The molecule has 2 aliphatic heterocycles. The summed E-state index contributed by atoms with van der Waals surface area (Å²) < 4.78 is 11.7. The number of rotatable bonds is 4. The van der Waals surface area contributed by atoms with Crippen LogP contribution in [0.4, 0.5) is 0 Å². The van der Waals surface area contributed by atoms with Crippen LogP contribution < -0.4 is 0 Å². The van der Waals surface area contributed by atoms with Gasteiger partial charge in [-0.2, -0.15) is 0 Å². The predicted octanol–water partition coefficient (Wildman–Crippen LogP) is 1.71. The number of aliphatic hydroxyl groups excluding tert-OH is 4. The van der Waals surface area contributed by atoms with Crippen LogP contribution in [0.25, 0.3) is 0 Å². The lowest BCUT2D eigenvalue weighted by molar-refractivity contribution is -0.362. The van der Waals surface area contributed by atoms with Crippen molar-refractivity contribution < 1.29 is 29.9 Å². The van der Waals surface area contributed by atoms with E-state index in [4.69, 9.17) is 26.2 Å². The van der Waals surface area contributed by atoms with Crippen molar-refractivity contribution in [1.82, 2.24) is 0 Å². The maximum absolute atomic E-state index is 10.7.